The third kappa shape index (κ3) is 3.82. The van der Waals surface area contributed by atoms with E-state index in [1.165, 1.54) is 12.8 Å². The van der Waals surface area contributed by atoms with Crippen molar-refractivity contribution in [2.24, 2.45) is 0 Å². The third-order valence-corrected chi connectivity index (χ3v) is 3.92. The van der Waals surface area contributed by atoms with Gasteiger partial charge in [-0.2, -0.15) is 0 Å². The summed E-state index contributed by atoms with van der Waals surface area (Å²) in [5.41, 5.74) is 0. The molecule has 4 nitrogen and oxygen atoms in total. The van der Waals surface area contributed by atoms with Crippen molar-refractivity contribution in [3.63, 3.8) is 0 Å². The minimum atomic E-state index is 0.210. The maximum Gasteiger partial charge on any atom is 0.236 e. The molecule has 1 N–H and O–H groups in total. The maximum atomic E-state index is 11.6. The number of carbonyl (C=O) groups is 1. The van der Waals surface area contributed by atoms with Crippen molar-refractivity contribution >= 4 is 5.91 Å². The minimum Gasteiger partial charge on any atom is -0.348 e. The molecule has 1 heterocycles. The SMILES string of the molecule is CN(C)C(=O)CN1CCC(NC2CC=CC2)CC1. The van der Waals surface area contributed by atoms with Crippen LogP contribution in [-0.4, -0.2) is 61.5 Å². The average molecular weight is 251 g/mol. The molecule has 0 spiro atoms. The molecule has 0 aromatic rings. The number of nitrogens with one attached hydrogen (secondary N) is 1. The van der Waals surface area contributed by atoms with E-state index in [2.05, 4.69) is 22.4 Å². The summed E-state index contributed by atoms with van der Waals surface area (Å²) in [5, 5.41) is 3.73. The monoisotopic (exact) mass is 251 g/mol. The summed E-state index contributed by atoms with van der Waals surface area (Å²) in [4.78, 5) is 15.6. The van der Waals surface area contributed by atoms with Crippen LogP contribution in [-0.2, 0) is 4.79 Å². The maximum absolute atomic E-state index is 11.6. The number of rotatable bonds is 4. The number of piperidine rings is 1. The molecule has 0 bridgehead atoms. The molecule has 102 valence electrons. The van der Waals surface area contributed by atoms with Crippen molar-refractivity contribution in [1.29, 1.82) is 0 Å². The summed E-state index contributed by atoms with van der Waals surface area (Å²) in [5.74, 6) is 0.210. The molecule has 1 saturated heterocycles. The molecule has 4 heteroatoms. The van der Waals surface area contributed by atoms with Crippen LogP contribution < -0.4 is 5.32 Å². The first kappa shape index (κ1) is 13.6. The van der Waals surface area contributed by atoms with Gasteiger partial charge in [-0.3, -0.25) is 9.69 Å². The van der Waals surface area contributed by atoms with Crippen molar-refractivity contribution in [2.75, 3.05) is 33.7 Å². The Morgan fingerprint density at radius 2 is 1.83 bits per heavy atom. The minimum absolute atomic E-state index is 0.210. The van der Waals surface area contributed by atoms with Crippen molar-refractivity contribution in [3.8, 4) is 0 Å². The van der Waals surface area contributed by atoms with Crippen LogP contribution in [0.1, 0.15) is 25.7 Å². The molecule has 0 radical (unpaired) electrons. The molecule has 0 aromatic heterocycles. The van der Waals surface area contributed by atoms with E-state index >= 15 is 0 Å². The van der Waals surface area contributed by atoms with E-state index < -0.39 is 0 Å². The quantitative estimate of drug-likeness (QED) is 0.752. The zero-order valence-corrected chi connectivity index (χ0v) is 11.6. The van der Waals surface area contributed by atoms with Gasteiger partial charge in [0.05, 0.1) is 6.54 Å². The predicted octanol–water partition coefficient (Wildman–Crippen LogP) is 0.847. The van der Waals surface area contributed by atoms with Gasteiger partial charge in [0.15, 0.2) is 0 Å². The molecule has 0 saturated carbocycles. The van der Waals surface area contributed by atoms with Gasteiger partial charge < -0.3 is 10.2 Å². The first-order valence-corrected chi connectivity index (χ1v) is 6.98. The molecular formula is C14H25N3O. The van der Waals surface area contributed by atoms with E-state index in [9.17, 15) is 4.79 Å². The lowest BCUT2D eigenvalue weighted by Crippen LogP contribution is -2.47. The summed E-state index contributed by atoms with van der Waals surface area (Å²) in [6.45, 7) is 2.65. The highest BCUT2D eigenvalue weighted by atomic mass is 16.2. The standard InChI is InChI=1S/C14H25N3O/c1-16(2)14(18)11-17-9-7-13(8-10-17)15-12-5-3-4-6-12/h3-4,12-13,15H,5-11H2,1-2H3. The number of carbonyl (C=O) groups excluding carboxylic acids is 1. The Morgan fingerprint density at radius 3 is 2.39 bits per heavy atom. The number of nitrogens with zero attached hydrogens (tertiary/aromatic N) is 2. The molecule has 18 heavy (non-hydrogen) atoms. The van der Waals surface area contributed by atoms with Crippen LogP contribution in [0.3, 0.4) is 0 Å². The highest BCUT2D eigenvalue weighted by Gasteiger charge is 2.23. The first-order chi connectivity index (χ1) is 8.65. The van der Waals surface area contributed by atoms with Crippen molar-refractivity contribution in [2.45, 2.75) is 37.8 Å². The Balaban J connectivity index is 1.66. The third-order valence-electron chi connectivity index (χ3n) is 3.92. The fourth-order valence-corrected chi connectivity index (χ4v) is 2.68. The van der Waals surface area contributed by atoms with E-state index in [4.69, 9.17) is 0 Å². The Labute approximate surface area is 110 Å². The van der Waals surface area contributed by atoms with Gasteiger partial charge >= 0.3 is 0 Å². The molecule has 0 atom stereocenters. The number of hydrogen-bond acceptors (Lipinski definition) is 3. The zero-order chi connectivity index (χ0) is 13.0. The number of likely N-dealkylation sites (N-methyl/N-ethyl adjacent to an activating group) is 1. The Morgan fingerprint density at radius 1 is 1.22 bits per heavy atom. The lowest BCUT2D eigenvalue weighted by molar-refractivity contribution is -0.130. The lowest BCUT2D eigenvalue weighted by Gasteiger charge is -2.34. The molecule has 1 amide bonds. The summed E-state index contributed by atoms with van der Waals surface area (Å²) in [6.07, 6.45) is 9.22. The fraction of sp³-hybridized carbons (Fsp3) is 0.786. The molecule has 0 unspecified atom stereocenters. The highest BCUT2D eigenvalue weighted by molar-refractivity contribution is 5.77. The van der Waals surface area contributed by atoms with Gasteiger partial charge in [0.1, 0.15) is 0 Å². The summed E-state index contributed by atoms with van der Waals surface area (Å²) in [7, 11) is 3.65. The van der Waals surface area contributed by atoms with E-state index in [0.717, 1.165) is 25.9 Å². The van der Waals surface area contributed by atoms with Gasteiger partial charge in [-0.15, -0.1) is 0 Å². The Bertz CT molecular complexity index is 298. The lowest BCUT2D eigenvalue weighted by atomic mass is 10.0. The molecule has 1 fully saturated rings. The largest absolute Gasteiger partial charge is 0.348 e. The Kier molecular flexibility index (Phi) is 4.78. The molecule has 1 aliphatic heterocycles. The van der Waals surface area contributed by atoms with Crippen LogP contribution in [0.5, 0.6) is 0 Å². The highest BCUT2D eigenvalue weighted by Crippen LogP contribution is 2.15. The van der Waals surface area contributed by atoms with Gasteiger partial charge in [-0.05, 0) is 25.7 Å². The zero-order valence-electron chi connectivity index (χ0n) is 11.6. The van der Waals surface area contributed by atoms with Crippen LogP contribution in [0.4, 0.5) is 0 Å². The second-order valence-electron chi connectivity index (χ2n) is 5.64. The van der Waals surface area contributed by atoms with Gasteiger partial charge in [-0.1, -0.05) is 12.2 Å². The van der Waals surface area contributed by atoms with Crippen LogP contribution in [0.25, 0.3) is 0 Å². The fourth-order valence-electron chi connectivity index (χ4n) is 2.68. The van der Waals surface area contributed by atoms with E-state index in [1.54, 1.807) is 4.90 Å². The summed E-state index contributed by atoms with van der Waals surface area (Å²) in [6, 6.07) is 1.30. The van der Waals surface area contributed by atoms with Crippen LogP contribution in [0.2, 0.25) is 0 Å². The average Bonchev–Trinajstić information content (AvgIpc) is 2.84. The van der Waals surface area contributed by atoms with E-state index in [1.807, 2.05) is 14.1 Å². The summed E-state index contributed by atoms with van der Waals surface area (Å²) >= 11 is 0. The predicted molar refractivity (Wildman–Crippen MR) is 73.5 cm³/mol. The van der Waals surface area contributed by atoms with Crippen LogP contribution in [0.15, 0.2) is 12.2 Å². The van der Waals surface area contributed by atoms with Crippen LogP contribution >= 0.6 is 0 Å². The molecule has 2 rings (SSSR count). The van der Waals surface area contributed by atoms with Crippen molar-refractivity contribution < 1.29 is 4.79 Å². The van der Waals surface area contributed by atoms with E-state index in [0.29, 0.717) is 18.6 Å². The number of likely N-dealkylation sites (tertiary alicyclic amines) is 1. The van der Waals surface area contributed by atoms with E-state index in [-0.39, 0.29) is 5.91 Å². The molecule has 0 aromatic carbocycles. The molecule has 2 aliphatic rings. The van der Waals surface area contributed by atoms with Gasteiger partial charge in [0, 0.05) is 39.3 Å². The van der Waals surface area contributed by atoms with Gasteiger partial charge in [0.2, 0.25) is 5.91 Å². The van der Waals surface area contributed by atoms with Crippen molar-refractivity contribution in [3.05, 3.63) is 12.2 Å². The van der Waals surface area contributed by atoms with Crippen molar-refractivity contribution in [1.82, 2.24) is 15.1 Å². The Hall–Kier alpha value is -0.870. The molecular weight excluding hydrogens is 226 g/mol. The number of hydrogen-bond donors (Lipinski definition) is 1. The van der Waals surface area contributed by atoms with Gasteiger partial charge in [0.25, 0.3) is 0 Å². The van der Waals surface area contributed by atoms with Crippen LogP contribution in [0, 0.1) is 0 Å². The molecule has 1 aliphatic carbocycles. The van der Waals surface area contributed by atoms with Gasteiger partial charge in [-0.25, -0.2) is 0 Å². The number of amides is 1. The smallest absolute Gasteiger partial charge is 0.236 e. The second kappa shape index (κ2) is 6.34. The normalized spacial score (nSPS) is 22.6. The summed E-state index contributed by atoms with van der Waals surface area (Å²) < 4.78 is 0. The topological polar surface area (TPSA) is 35.6 Å². The first-order valence-electron chi connectivity index (χ1n) is 6.98. The second-order valence-corrected chi connectivity index (χ2v) is 5.64.